The summed E-state index contributed by atoms with van der Waals surface area (Å²) in [5.74, 6) is -1.74. The summed E-state index contributed by atoms with van der Waals surface area (Å²) in [5, 5.41) is 25.0. The van der Waals surface area contributed by atoms with Gasteiger partial charge in [-0.1, -0.05) is 19.9 Å². The number of phenols is 1. The summed E-state index contributed by atoms with van der Waals surface area (Å²) >= 11 is 0. The van der Waals surface area contributed by atoms with E-state index in [1.54, 1.807) is 40.7 Å². The largest absolute Gasteiger partial charge is 0.508 e. The number of aliphatic hydroxyl groups excluding tert-OH is 1. The van der Waals surface area contributed by atoms with Crippen molar-refractivity contribution in [3.8, 4) is 5.75 Å². The van der Waals surface area contributed by atoms with Crippen molar-refractivity contribution >= 4 is 23.9 Å². The number of carbonyl (C=O) groups is 4. The van der Waals surface area contributed by atoms with Crippen LogP contribution >= 0.6 is 0 Å². The Bertz CT molecular complexity index is 974. The van der Waals surface area contributed by atoms with Crippen molar-refractivity contribution in [2.24, 2.45) is 5.92 Å². The van der Waals surface area contributed by atoms with Gasteiger partial charge in [0.2, 0.25) is 11.8 Å². The molecule has 0 aliphatic rings. The third-order valence-electron chi connectivity index (χ3n) is 5.76. The summed E-state index contributed by atoms with van der Waals surface area (Å²) < 4.78 is 9.87. The molecule has 11 nitrogen and oxygen atoms in total. The van der Waals surface area contributed by atoms with Gasteiger partial charge in [0.15, 0.2) is 0 Å². The van der Waals surface area contributed by atoms with Crippen molar-refractivity contribution in [3.63, 3.8) is 0 Å². The second-order valence-electron chi connectivity index (χ2n) is 10.7. The second kappa shape index (κ2) is 14.6. The van der Waals surface area contributed by atoms with Gasteiger partial charge in [-0.2, -0.15) is 0 Å². The van der Waals surface area contributed by atoms with Crippen LogP contribution in [-0.2, 0) is 23.9 Å². The molecule has 0 heterocycles. The first-order chi connectivity index (χ1) is 17.6. The van der Waals surface area contributed by atoms with Gasteiger partial charge in [0.25, 0.3) is 0 Å². The molecule has 0 saturated heterocycles. The molecule has 1 rings (SSSR count). The number of aryl methyl sites for hydroxylation is 1. The minimum absolute atomic E-state index is 0.00743. The molecule has 0 fully saturated rings. The Balaban J connectivity index is 3.57. The molecule has 0 spiro atoms. The molecule has 0 bridgehead atoms. The van der Waals surface area contributed by atoms with Crippen LogP contribution in [0.1, 0.15) is 71.6 Å². The van der Waals surface area contributed by atoms with E-state index in [-0.39, 0.29) is 5.75 Å². The second-order valence-corrected chi connectivity index (χ2v) is 10.7. The van der Waals surface area contributed by atoms with Crippen molar-refractivity contribution < 1.29 is 38.9 Å². The van der Waals surface area contributed by atoms with Gasteiger partial charge in [0, 0.05) is 6.04 Å². The summed E-state index contributed by atoms with van der Waals surface area (Å²) in [6.45, 7) is 11.3. The number of aliphatic hydroxyl groups is 1. The minimum atomic E-state index is -1.40. The Kier molecular flexibility index (Phi) is 12.5. The van der Waals surface area contributed by atoms with Crippen molar-refractivity contribution in [2.45, 2.75) is 85.0 Å². The van der Waals surface area contributed by atoms with Gasteiger partial charge in [-0.05, 0) is 76.6 Å². The molecule has 0 aliphatic carbocycles. The predicted octanol–water partition coefficient (Wildman–Crippen LogP) is 2.57. The molecule has 214 valence electrons. The number of rotatable bonds is 12. The van der Waals surface area contributed by atoms with E-state index in [9.17, 15) is 29.4 Å². The molecule has 38 heavy (non-hydrogen) atoms. The summed E-state index contributed by atoms with van der Waals surface area (Å²) in [6.07, 6.45) is 0.359. The van der Waals surface area contributed by atoms with Crippen LogP contribution in [0.15, 0.2) is 18.2 Å². The summed E-state index contributed by atoms with van der Waals surface area (Å²) in [5.41, 5.74) is 0.0134. The number of methoxy groups -OCH3 is 1. The van der Waals surface area contributed by atoms with Crippen molar-refractivity contribution in [3.05, 3.63) is 29.3 Å². The van der Waals surface area contributed by atoms with E-state index in [1.807, 2.05) is 13.8 Å². The molecule has 1 aromatic rings. The molecule has 3 unspecified atom stereocenters. The number of nitrogens with one attached hydrogen (secondary N) is 2. The fraction of sp³-hybridized carbons (Fsp3) is 0.630. The van der Waals surface area contributed by atoms with E-state index in [0.717, 1.165) is 6.42 Å². The topological polar surface area (TPSA) is 154 Å². The lowest BCUT2D eigenvalue weighted by molar-refractivity contribution is -0.147. The van der Waals surface area contributed by atoms with Crippen LogP contribution in [-0.4, -0.2) is 76.9 Å². The Morgan fingerprint density at radius 1 is 1.08 bits per heavy atom. The number of amides is 3. The maximum Gasteiger partial charge on any atom is 0.408 e. The van der Waals surface area contributed by atoms with E-state index < -0.39 is 60.8 Å². The van der Waals surface area contributed by atoms with Crippen LogP contribution in [0.2, 0.25) is 0 Å². The molecular formula is C27H43N3O8. The van der Waals surface area contributed by atoms with E-state index in [1.165, 1.54) is 24.1 Å². The predicted molar refractivity (Wildman–Crippen MR) is 141 cm³/mol. The SMILES string of the molecule is COC(=O)CNC(=O)C(c1ccc(O)c(C)c1)N(C(=O)C(CO)NC(=O)OC(C)(C)C)C(C)CCC(C)C. The summed E-state index contributed by atoms with van der Waals surface area (Å²) in [7, 11) is 1.19. The molecule has 0 aliphatic heterocycles. The molecular weight excluding hydrogens is 494 g/mol. The molecule has 3 amide bonds. The van der Waals surface area contributed by atoms with Crippen LogP contribution in [0.3, 0.4) is 0 Å². The lowest BCUT2D eigenvalue weighted by Gasteiger charge is -2.38. The van der Waals surface area contributed by atoms with Gasteiger partial charge in [-0.3, -0.25) is 14.4 Å². The van der Waals surface area contributed by atoms with Crippen LogP contribution in [0, 0.1) is 12.8 Å². The van der Waals surface area contributed by atoms with E-state index in [2.05, 4.69) is 15.4 Å². The van der Waals surface area contributed by atoms with E-state index in [4.69, 9.17) is 4.74 Å². The number of nitrogens with zero attached hydrogens (tertiary/aromatic N) is 1. The number of carbonyl (C=O) groups excluding carboxylic acids is 4. The number of esters is 1. The van der Waals surface area contributed by atoms with Crippen molar-refractivity contribution in [1.82, 2.24) is 15.5 Å². The Hall–Kier alpha value is -3.34. The van der Waals surface area contributed by atoms with E-state index in [0.29, 0.717) is 23.5 Å². The average molecular weight is 538 g/mol. The summed E-state index contributed by atoms with van der Waals surface area (Å²) in [4.78, 5) is 52.9. The van der Waals surface area contributed by atoms with E-state index >= 15 is 0 Å². The number of hydrogen-bond donors (Lipinski definition) is 4. The standard InChI is InChI=1S/C27H43N3O8/c1-16(2)9-10-18(4)30(25(35)20(15-31)29-26(36)38-27(5,6)7)23(24(34)28-14-22(33)37-8)19-11-12-21(32)17(3)13-19/h11-13,16,18,20,23,31-32H,9-10,14-15H2,1-8H3,(H,28,34)(H,29,36). The number of benzene rings is 1. The van der Waals surface area contributed by atoms with Gasteiger partial charge in [0.05, 0.1) is 13.7 Å². The van der Waals surface area contributed by atoms with Crippen LogP contribution in [0.25, 0.3) is 0 Å². The Labute approximate surface area is 224 Å². The molecule has 0 aromatic heterocycles. The highest BCUT2D eigenvalue weighted by atomic mass is 16.6. The Morgan fingerprint density at radius 2 is 1.71 bits per heavy atom. The number of phenolic OH excluding ortho intramolecular Hbond substituents is 1. The van der Waals surface area contributed by atoms with Crippen LogP contribution in [0.5, 0.6) is 5.75 Å². The zero-order valence-electron chi connectivity index (χ0n) is 23.7. The number of alkyl carbamates (subject to hydrolysis) is 1. The number of aromatic hydroxyl groups is 1. The molecule has 0 radical (unpaired) electrons. The lowest BCUT2D eigenvalue weighted by Crippen LogP contribution is -2.57. The van der Waals surface area contributed by atoms with Gasteiger partial charge in [-0.25, -0.2) is 4.79 Å². The quantitative estimate of drug-likeness (QED) is 0.297. The zero-order valence-corrected chi connectivity index (χ0v) is 23.7. The van der Waals surface area contributed by atoms with Gasteiger partial charge >= 0.3 is 12.1 Å². The normalized spacial score (nSPS) is 13.7. The Morgan fingerprint density at radius 3 is 2.21 bits per heavy atom. The fourth-order valence-electron chi connectivity index (χ4n) is 3.74. The number of ether oxygens (including phenoxy) is 2. The summed E-state index contributed by atoms with van der Waals surface area (Å²) in [6, 6.07) is 1.33. The fourth-order valence-corrected chi connectivity index (χ4v) is 3.74. The monoisotopic (exact) mass is 537 g/mol. The van der Waals surface area contributed by atoms with Crippen molar-refractivity contribution in [1.29, 1.82) is 0 Å². The first-order valence-electron chi connectivity index (χ1n) is 12.7. The molecule has 11 heteroatoms. The first-order valence-corrected chi connectivity index (χ1v) is 12.7. The third kappa shape index (κ3) is 10.2. The highest BCUT2D eigenvalue weighted by Gasteiger charge is 2.39. The molecule has 4 N–H and O–H groups in total. The maximum absolute atomic E-state index is 13.9. The third-order valence-corrected chi connectivity index (χ3v) is 5.76. The lowest BCUT2D eigenvalue weighted by atomic mass is 9.96. The minimum Gasteiger partial charge on any atom is -0.508 e. The molecule has 1 aromatic carbocycles. The average Bonchev–Trinajstić information content (AvgIpc) is 2.82. The van der Waals surface area contributed by atoms with Gasteiger partial charge < -0.3 is 35.2 Å². The van der Waals surface area contributed by atoms with Crippen LogP contribution < -0.4 is 10.6 Å². The molecule has 0 saturated carbocycles. The first kappa shape index (κ1) is 32.7. The highest BCUT2D eigenvalue weighted by molar-refractivity contribution is 5.93. The van der Waals surface area contributed by atoms with Gasteiger partial charge in [0.1, 0.15) is 30.0 Å². The zero-order chi connectivity index (χ0) is 29.2. The number of hydrogen-bond acceptors (Lipinski definition) is 8. The smallest absolute Gasteiger partial charge is 0.408 e. The maximum atomic E-state index is 13.9. The van der Waals surface area contributed by atoms with Crippen LogP contribution in [0.4, 0.5) is 4.79 Å². The van der Waals surface area contributed by atoms with Crippen molar-refractivity contribution in [2.75, 3.05) is 20.3 Å². The highest BCUT2D eigenvalue weighted by Crippen LogP contribution is 2.30. The van der Waals surface area contributed by atoms with Gasteiger partial charge in [-0.15, -0.1) is 0 Å². The molecule has 3 atom stereocenters.